The molecule has 1 saturated heterocycles. The van der Waals surface area contributed by atoms with E-state index in [1.165, 1.54) is 0 Å². The summed E-state index contributed by atoms with van der Waals surface area (Å²) < 4.78 is 5.30. The average molecular weight is 251 g/mol. The number of aryl methyl sites for hydroxylation is 1. The molecule has 2 heterocycles. The Bertz CT molecular complexity index is 403. The zero-order chi connectivity index (χ0) is 13.0. The fraction of sp³-hybridized carbons (Fsp3) is 0.692. The van der Waals surface area contributed by atoms with Crippen LogP contribution in [0, 0.1) is 6.92 Å². The summed E-state index contributed by atoms with van der Waals surface area (Å²) >= 11 is 0. The number of nitrogens with zero attached hydrogens (tertiary/aromatic N) is 2. The summed E-state index contributed by atoms with van der Waals surface area (Å²) in [6.45, 7) is 3.62. The Kier molecular flexibility index (Phi) is 4.36. The molecule has 2 rings (SSSR count). The van der Waals surface area contributed by atoms with Crippen molar-refractivity contribution in [1.82, 2.24) is 15.4 Å². The maximum atomic E-state index is 12.1. The Hall–Kier alpha value is -1.36. The van der Waals surface area contributed by atoms with Crippen LogP contribution in [0.5, 0.6) is 0 Å². The first-order valence-corrected chi connectivity index (χ1v) is 6.59. The molecule has 1 N–H and O–H groups in total. The van der Waals surface area contributed by atoms with Gasteiger partial charge in [-0.15, -0.1) is 0 Å². The Morgan fingerprint density at radius 1 is 1.67 bits per heavy atom. The van der Waals surface area contributed by atoms with E-state index < -0.39 is 0 Å². The molecular weight excluding hydrogens is 230 g/mol. The minimum atomic E-state index is 0.0910. The van der Waals surface area contributed by atoms with Gasteiger partial charge < -0.3 is 14.7 Å². The lowest BCUT2D eigenvalue weighted by molar-refractivity contribution is -0.132. The van der Waals surface area contributed by atoms with Gasteiger partial charge in [-0.2, -0.15) is 0 Å². The van der Waals surface area contributed by atoms with E-state index in [9.17, 15) is 4.79 Å². The monoisotopic (exact) mass is 251 g/mol. The number of rotatable bonds is 5. The lowest BCUT2D eigenvalue weighted by Crippen LogP contribution is -2.30. The normalized spacial score (nSPS) is 19.4. The number of carbonyl (C=O) groups is 1. The highest BCUT2D eigenvalue weighted by Crippen LogP contribution is 2.32. The molecule has 5 heteroatoms. The zero-order valence-electron chi connectivity index (χ0n) is 11.1. The van der Waals surface area contributed by atoms with Crippen molar-refractivity contribution in [2.24, 2.45) is 0 Å². The van der Waals surface area contributed by atoms with Gasteiger partial charge in [0.1, 0.15) is 0 Å². The summed E-state index contributed by atoms with van der Waals surface area (Å²) in [6, 6.07) is 2.03. The van der Waals surface area contributed by atoms with Crippen LogP contribution in [0.4, 0.5) is 0 Å². The number of hydrogen-bond donors (Lipinski definition) is 1. The molecule has 1 fully saturated rings. The van der Waals surface area contributed by atoms with Crippen LogP contribution >= 0.6 is 0 Å². The van der Waals surface area contributed by atoms with E-state index in [1.54, 1.807) is 0 Å². The standard InChI is InChI=1S/C13H21N3O2/c1-10-9-12(18-15-10)11-5-4-8-16(11)13(17)6-3-7-14-2/h9,11,14H,3-8H2,1-2H3. The smallest absolute Gasteiger partial charge is 0.223 e. The predicted molar refractivity (Wildman–Crippen MR) is 68.1 cm³/mol. The van der Waals surface area contributed by atoms with Crippen LogP contribution in [0.3, 0.4) is 0 Å². The highest BCUT2D eigenvalue weighted by molar-refractivity contribution is 5.76. The average Bonchev–Trinajstić information content (AvgIpc) is 2.97. The Morgan fingerprint density at radius 3 is 3.17 bits per heavy atom. The van der Waals surface area contributed by atoms with Gasteiger partial charge in [-0.3, -0.25) is 4.79 Å². The molecule has 1 unspecified atom stereocenters. The Labute approximate surface area is 108 Å². The molecule has 5 nitrogen and oxygen atoms in total. The number of aromatic nitrogens is 1. The molecule has 1 atom stereocenters. The van der Waals surface area contributed by atoms with Gasteiger partial charge in [0.2, 0.25) is 5.91 Å². The zero-order valence-corrected chi connectivity index (χ0v) is 11.1. The SMILES string of the molecule is CNCCCC(=O)N1CCCC1c1cc(C)no1. The van der Waals surface area contributed by atoms with Crippen LogP contribution in [0.2, 0.25) is 0 Å². The van der Waals surface area contributed by atoms with E-state index in [0.29, 0.717) is 6.42 Å². The van der Waals surface area contributed by atoms with Crippen LogP contribution < -0.4 is 5.32 Å². The lowest BCUT2D eigenvalue weighted by atomic mass is 10.1. The minimum absolute atomic E-state index is 0.0910. The van der Waals surface area contributed by atoms with Crippen molar-refractivity contribution in [3.63, 3.8) is 0 Å². The summed E-state index contributed by atoms with van der Waals surface area (Å²) in [7, 11) is 1.90. The second-order valence-electron chi connectivity index (χ2n) is 4.82. The van der Waals surface area contributed by atoms with Crippen LogP contribution in [-0.2, 0) is 4.79 Å². The number of hydrogen-bond acceptors (Lipinski definition) is 4. The maximum absolute atomic E-state index is 12.1. The van der Waals surface area contributed by atoms with Gasteiger partial charge in [0.25, 0.3) is 0 Å². The molecule has 0 spiro atoms. The first kappa shape index (κ1) is 13.1. The van der Waals surface area contributed by atoms with Gasteiger partial charge in [-0.05, 0) is 39.8 Å². The van der Waals surface area contributed by atoms with Gasteiger partial charge in [-0.1, -0.05) is 5.16 Å². The fourth-order valence-electron chi connectivity index (χ4n) is 2.46. The fourth-order valence-corrected chi connectivity index (χ4v) is 2.46. The van der Waals surface area contributed by atoms with Gasteiger partial charge in [0, 0.05) is 19.0 Å². The third-order valence-corrected chi connectivity index (χ3v) is 3.37. The summed E-state index contributed by atoms with van der Waals surface area (Å²) in [6.07, 6.45) is 3.51. The van der Waals surface area contributed by atoms with Crippen molar-refractivity contribution < 1.29 is 9.32 Å². The van der Waals surface area contributed by atoms with E-state index in [-0.39, 0.29) is 11.9 Å². The molecule has 0 saturated carbocycles. The third-order valence-electron chi connectivity index (χ3n) is 3.37. The second kappa shape index (κ2) is 6.00. The third kappa shape index (κ3) is 2.90. The second-order valence-corrected chi connectivity index (χ2v) is 4.82. The molecule has 100 valence electrons. The first-order chi connectivity index (χ1) is 8.72. The number of amides is 1. The van der Waals surface area contributed by atoms with E-state index in [2.05, 4.69) is 10.5 Å². The van der Waals surface area contributed by atoms with E-state index in [4.69, 9.17) is 4.52 Å². The van der Waals surface area contributed by atoms with Crippen LogP contribution in [-0.4, -0.2) is 36.1 Å². The maximum Gasteiger partial charge on any atom is 0.223 e. The number of carbonyl (C=O) groups excluding carboxylic acids is 1. The molecular formula is C13H21N3O2. The molecule has 0 aromatic carbocycles. The summed E-state index contributed by atoms with van der Waals surface area (Å²) in [5.74, 6) is 1.05. The Morgan fingerprint density at radius 2 is 2.50 bits per heavy atom. The number of nitrogens with one attached hydrogen (secondary N) is 1. The topological polar surface area (TPSA) is 58.4 Å². The van der Waals surface area contributed by atoms with Gasteiger partial charge in [0.15, 0.2) is 5.76 Å². The van der Waals surface area contributed by atoms with Crippen molar-refractivity contribution in [3.05, 3.63) is 17.5 Å². The van der Waals surface area contributed by atoms with Gasteiger partial charge >= 0.3 is 0 Å². The number of likely N-dealkylation sites (tertiary alicyclic amines) is 1. The highest BCUT2D eigenvalue weighted by Gasteiger charge is 2.31. The van der Waals surface area contributed by atoms with Crippen LogP contribution in [0.1, 0.15) is 43.2 Å². The first-order valence-electron chi connectivity index (χ1n) is 6.59. The van der Waals surface area contributed by atoms with Crippen molar-refractivity contribution in [1.29, 1.82) is 0 Å². The van der Waals surface area contributed by atoms with E-state index in [0.717, 1.165) is 43.8 Å². The van der Waals surface area contributed by atoms with Gasteiger partial charge in [-0.25, -0.2) is 0 Å². The van der Waals surface area contributed by atoms with Crippen molar-refractivity contribution >= 4 is 5.91 Å². The minimum Gasteiger partial charge on any atom is -0.359 e. The van der Waals surface area contributed by atoms with Crippen LogP contribution in [0.15, 0.2) is 10.6 Å². The van der Waals surface area contributed by atoms with Crippen molar-refractivity contribution in [2.45, 2.75) is 38.6 Å². The Balaban J connectivity index is 1.97. The van der Waals surface area contributed by atoms with Crippen LogP contribution in [0.25, 0.3) is 0 Å². The molecule has 0 bridgehead atoms. The molecule has 1 aromatic heterocycles. The molecule has 0 aliphatic carbocycles. The lowest BCUT2D eigenvalue weighted by Gasteiger charge is -2.22. The molecule has 1 aliphatic heterocycles. The summed E-state index contributed by atoms with van der Waals surface area (Å²) in [5.41, 5.74) is 0.875. The summed E-state index contributed by atoms with van der Waals surface area (Å²) in [4.78, 5) is 14.1. The molecule has 1 aromatic rings. The van der Waals surface area contributed by atoms with E-state index >= 15 is 0 Å². The van der Waals surface area contributed by atoms with E-state index in [1.807, 2.05) is 24.9 Å². The molecule has 1 amide bonds. The summed E-state index contributed by atoms with van der Waals surface area (Å²) in [5, 5.41) is 6.97. The quantitative estimate of drug-likeness (QED) is 0.808. The highest BCUT2D eigenvalue weighted by atomic mass is 16.5. The molecule has 18 heavy (non-hydrogen) atoms. The van der Waals surface area contributed by atoms with Gasteiger partial charge in [0.05, 0.1) is 11.7 Å². The van der Waals surface area contributed by atoms with Crippen molar-refractivity contribution in [3.8, 4) is 0 Å². The largest absolute Gasteiger partial charge is 0.359 e. The predicted octanol–water partition coefficient (Wildman–Crippen LogP) is 1.65. The molecule has 1 aliphatic rings. The van der Waals surface area contributed by atoms with Crippen molar-refractivity contribution in [2.75, 3.05) is 20.1 Å². The molecule has 0 radical (unpaired) electrons.